The molecule has 1 heterocycles. The minimum atomic E-state index is -0.350. The first-order valence-electron chi connectivity index (χ1n) is 5.29. The Morgan fingerprint density at radius 2 is 2.22 bits per heavy atom. The molecule has 0 amide bonds. The van der Waals surface area contributed by atoms with Crippen molar-refractivity contribution in [3.8, 4) is 0 Å². The third kappa shape index (κ3) is 3.10. The van der Waals surface area contributed by atoms with Gasteiger partial charge in [-0.25, -0.2) is 9.37 Å². The maximum atomic E-state index is 13.5. The number of benzene rings is 1. The molecule has 4 nitrogen and oxygen atoms in total. The standard InChI is InChI=1S/C12H12FN3OS/c1-7-4-11(17)16-12(15-7)18-6-8-2-3-9(14)5-10(8)13/h2-5H,6,14H2,1H3,(H,15,16,17). The average molecular weight is 265 g/mol. The van der Waals surface area contributed by atoms with E-state index in [0.717, 1.165) is 0 Å². The summed E-state index contributed by atoms with van der Waals surface area (Å²) < 4.78 is 13.5. The fourth-order valence-electron chi connectivity index (χ4n) is 1.45. The molecule has 6 heteroatoms. The van der Waals surface area contributed by atoms with Gasteiger partial charge in [-0.1, -0.05) is 17.8 Å². The first kappa shape index (κ1) is 12.6. The van der Waals surface area contributed by atoms with E-state index in [9.17, 15) is 9.18 Å². The number of rotatable bonds is 3. The number of H-pyrrole nitrogens is 1. The van der Waals surface area contributed by atoms with Crippen LogP contribution in [0.3, 0.4) is 0 Å². The van der Waals surface area contributed by atoms with E-state index >= 15 is 0 Å². The smallest absolute Gasteiger partial charge is 0.251 e. The minimum absolute atomic E-state index is 0.206. The van der Waals surface area contributed by atoms with Gasteiger partial charge in [0, 0.05) is 23.2 Å². The van der Waals surface area contributed by atoms with E-state index in [4.69, 9.17) is 5.73 Å². The SMILES string of the molecule is Cc1cc(=O)[nH]c(SCc2ccc(N)cc2F)n1. The number of nitrogens with zero attached hydrogens (tertiary/aromatic N) is 1. The molecule has 0 atom stereocenters. The highest BCUT2D eigenvalue weighted by Gasteiger charge is 2.05. The third-order valence-electron chi connectivity index (χ3n) is 2.29. The molecule has 3 N–H and O–H groups in total. The molecular formula is C12H12FN3OS. The third-order valence-corrected chi connectivity index (χ3v) is 3.21. The molecule has 0 aliphatic carbocycles. The topological polar surface area (TPSA) is 71.8 Å². The number of nitrogens with two attached hydrogens (primary N) is 1. The second-order valence-electron chi connectivity index (χ2n) is 3.83. The maximum absolute atomic E-state index is 13.5. The van der Waals surface area contributed by atoms with Crippen LogP contribution in [0.15, 0.2) is 34.2 Å². The van der Waals surface area contributed by atoms with Crippen molar-refractivity contribution in [2.45, 2.75) is 17.8 Å². The molecular weight excluding hydrogens is 253 g/mol. The van der Waals surface area contributed by atoms with Crippen LogP contribution in [-0.4, -0.2) is 9.97 Å². The van der Waals surface area contributed by atoms with Crippen molar-refractivity contribution < 1.29 is 4.39 Å². The molecule has 1 aromatic heterocycles. The molecule has 0 saturated heterocycles. The molecule has 0 saturated carbocycles. The van der Waals surface area contributed by atoms with Gasteiger partial charge in [0.05, 0.1) is 0 Å². The molecule has 0 spiro atoms. The zero-order chi connectivity index (χ0) is 13.1. The van der Waals surface area contributed by atoms with E-state index in [1.807, 2.05) is 0 Å². The average Bonchev–Trinajstić information content (AvgIpc) is 2.26. The van der Waals surface area contributed by atoms with Crippen LogP contribution in [0.4, 0.5) is 10.1 Å². The van der Waals surface area contributed by atoms with Gasteiger partial charge in [-0.3, -0.25) is 4.79 Å². The van der Waals surface area contributed by atoms with Crippen molar-refractivity contribution in [3.63, 3.8) is 0 Å². The Bertz CT molecular complexity index is 627. The molecule has 1 aromatic carbocycles. The van der Waals surface area contributed by atoms with E-state index in [0.29, 0.717) is 27.9 Å². The van der Waals surface area contributed by atoms with Gasteiger partial charge in [0.15, 0.2) is 5.16 Å². The van der Waals surface area contributed by atoms with Crippen LogP contribution in [0.5, 0.6) is 0 Å². The summed E-state index contributed by atoms with van der Waals surface area (Å²) in [5.74, 6) is 0.0379. The second-order valence-corrected chi connectivity index (χ2v) is 4.80. The predicted octanol–water partition coefficient (Wildman–Crippen LogP) is 2.09. The Hall–Kier alpha value is -1.82. The van der Waals surface area contributed by atoms with Crippen LogP contribution in [-0.2, 0) is 5.75 Å². The van der Waals surface area contributed by atoms with E-state index in [-0.39, 0.29) is 11.4 Å². The molecule has 2 aromatic rings. The summed E-state index contributed by atoms with van der Waals surface area (Å²) in [6, 6.07) is 5.97. The lowest BCUT2D eigenvalue weighted by molar-refractivity contribution is 0.618. The molecule has 0 unspecified atom stereocenters. The van der Waals surface area contributed by atoms with Crippen LogP contribution < -0.4 is 11.3 Å². The van der Waals surface area contributed by atoms with Crippen molar-refractivity contribution in [2.24, 2.45) is 0 Å². The summed E-state index contributed by atoms with van der Waals surface area (Å²) in [4.78, 5) is 18.0. The number of nitrogen functional groups attached to an aromatic ring is 1. The molecule has 94 valence electrons. The summed E-state index contributed by atoms with van der Waals surface area (Å²) in [7, 11) is 0. The van der Waals surface area contributed by atoms with Gasteiger partial charge < -0.3 is 10.7 Å². The first-order chi connectivity index (χ1) is 8.54. The second kappa shape index (κ2) is 5.22. The van der Waals surface area contributed by atoms with Crippen LogP contribution in [0, 0.1) is 12.7 Å². The lowest BCUT2D eigenvalue weighted by atomic mass is 10.2. The van der Waals surface area contributed by atoms with Crippen molar-refractivity contribution in [1.29, 1.82) is 0 Å². The van der Waals surface area contributed by atoms with Crippen LogP contribution in [0.2, 0.25) is 0 Å². The van der Waals surface area contributed by atoms with Crippen LogP contribution >= 0.6 is 11.8 Å². The Kier molecular flexibility index (Phi) is 3.66. The quantitative estimate of drug-likeness (QED) is 0.506. The number of nitrogens with one attached hydrogen (secondary N) is 1. The Morgan fingerprint density at radius 3 is 2.89 bits per heavy atom. The van der Waals surface area contributed by atoms with E-state index in [1.165, 1.54) is 23.9 Å². The summed E-state index contributed by atoms with van der Waals surface area (Å²) in [5, 5.41) is 0.483. The highest BCUT2D eigenvalue weighted by molar-refractivity contribution is 7.98. The number of aromatic amines is 1. The highest BCUT2D eigenvalue weighted by Crippen LogP contribution is 2.21. The monoisotopic (exact) mass is 265 g/mol. The number of hydrogen-bond donors (Lipinski definition) is 2. The van der Waals surface area contributed by atoms with Crippen LogP contribution in [0.1, 0.15) is 11.3 Å². The molecule has 2 rings (SSSR count). The van der Waals surface area contributed by atoms with Crippen molar-refractivity contribution in [2.75, 3.05) is 5.73 Å². The lowest BCUT2D eigenvalue weighted by Crippen LogP contribution is -2.08. The number of thioether (sulfide) groups is 1. The van der Waals surface area contributed by atoms with Gasteiger partial charge in [0.25, 0.3) is 5.56 Å². The maximum Gasteiger partial charge on any atom is 0.251 e. The fraction of sp³-hybridized carbons (Fsp3) is 0.167. The zero-order valence-electron chi connectivity index (χ0n) is 9.74. The summed E-state index contributed by atoms with van der Waals surface area (Å²) >= 11 is 1.27. The van der Waals surface area contributed by atoms with Crippen molar-refractivity contribution in [1.82, 2.24) is 9.97 Å². The van der Waals surface area contributed by atoms with Gasteiger partial charge in [0.1, 0.15) is 5.82 Å². The Labute approximate surface area is 107 Å². The molecule has 18 heavy (non-hydrogen) atoms. The normalized spacial score (nSPS) is 10.6. The zero-order valence-corrected chi connectivity index (χ0v) is 10.6. The number of anilines is 1. The van der Waals surface area contributed by atoms with E-state index in [1.54, 1.807) is 19.1 Å². The highest BCUT2D eigenvalue weighted by atomic mass is 32.2. The van der Waals surface area contributed by atoms with E-state index < -0.39 is 0 Å². The van der Waals surface area contributed by atoms with Gasteiger partial charge >= 0.3 is 0 Å². The predicted molar refractivity (Wildman–Crippen MR) is 70.0 cm³/mol. The van der Waals surface area contributed by atoms with Crippen molar-refractivity contribution in [3.05, 3.63) is 51.7 Å². The number of hydrogen-bond acceptors (Lipinski definition) is 4. The number of aromatic nitrogens is 2. The van der Waals surface area contributed by atoms with Gasteiger partial charge in [-0.15, -0.1) is 0 Å². The molecule has 0 aliphatic heterocycles. The largest absolute Gasteiger partial charge is 0.399 e. The Morgan fingerprint density at radius 1 is 1.44 bits per heavy atom. The Balaban J connectivity index is 2.13. The first-order valence-corrected chi connectivity index (χ1v) is 6.28. The summed E-state index contributed by atoms with van der Waals surface area (Å²) in [5.41, 5.74) is 6.82. The lowest BCUT2D eigenvalue weighted by Gasteiger charge is -2.04. The summed E-state index contributed by atoms with van der Waals surface area (Å²) in [6.07, 6.45) is 0. The molecule has 0 bridgehead atoms. The minimum Gasteiger partial charge on any atom is -0.399 e. The molecule has 0 aliphatic rings. The van der Waals surface area contributed by atoms with Crippen molar-refractivity contribution >= 4 is 17.4 Å². The molecule has 0 radical (unpaired) electrons. The van der Waals surface area contributed by atoms with Gasteiger partial charge in [-0.05, 0) is 24.6 Å². The number of halogens is 1. The number of aryl methyl sites for hydroxylation is 1. The van der Waals surface area contributed by atoms with Gasteiger partial charge in [-0.2, -0.15) is 0 Å². The van der Waals surface area contributed by atoms with Crippen LogP contribution in [0.25, 0.3) is 0 Å². The summed E-state index contributed by atoms with van der Waals surface area (Å²) in [6.45, 7) is 1.74. The fourth-order valence-corrected chi connectivity index (χ4v) is 2.35. The molecule has 0 fully saturated rings. The van der Waals surface area contributed by atoms with Gasteiger partial charge in [0.2, 0.25) is 0 Å². The van der Waals surface area contributed by atoms with E-state index in [2.05, 4.69) is 9.97 Å².